The third-order valence-corrected chi connectivity index (χ3v) is 5.53. The van der Waals surface area contributed by atoms with Gasteiger partial charge in [-0.05, 0) is 43.4 Å². The molecule has 1 fully saturated rings. The summed E-state index contributed by atoms with van der Waals surface area (Å²) >= 11 is 0. The van der Waals surface area contributed by atoms with Crippen LogP contribution >= 0.6 is 0 Å². The van der Waals surface area contributed by atoms with Gasteiger partial charge < -0.3 is 24.6 Å². The van der Waals surface area contributed by atoms with Gasteiger partial charge in [0.25, 0.3) is 5.91 Å². The molecule has 166 valence electrons. The number of benzene rings is 2. The number of ether oxygens (including phenoxy) is 2. The zero-order chi connectivity index (χ0) is 22.5. The molecule has 1 aromatic heterocycles. The Morgan fingerprint density at radius 3 is 2.09 bits per heavy atom. The van der Waals surface area contributed by atoms with E-state index in [1.165, 1.54) is 0 Å². The Balaban J connectivity index is 1.42. The minimum absolute atomic E-state index is 0.244. The zero-order valence-electron chi connectivity index (χ0n) is 18.5. The average molecular weight is 434 g/mol. The number of likely N-dealkylation sites (N-methyl/N-ethyl adjacent to an activating group) is 1. The van der Waals surface area contributed by atoms with Gasteiger partial charge in [0, 0.05) is 49.1 Å². The molecule has 1 aliphatic rings. The van der Waals surface area contributed by atoms with Crippen LogP contribution in [0, 0.1) is 0 Å². The van der Waals surface area contributed by atoms with Crippen LogP contribution in [0.15, 0.2) is 54.6 Å². The molecule has 0 atom stereocenters. The van der Waals surface area contributed by atoms with Crippen molar-refractivity contribution in [3.63, 3.8) is 0 Å². The Morgan fingerprint density at radius 1 is 0.875 bits per heavy atom. The van der Waals surface area contributed by atoms with E-state index in [-0.39, 0.29) is 5.91 Å². The molecule has 1 aliphatic heterocycles. The number of rotatable bonds is 6. The highest BCUT2D eigenvalue weighted by molar-refractivity contribution is 6.04. The second-order valence-corrected chi connectivity index (χ2v) is 7.70. The Labute approximate surface area is 187 Å². The van der Waals surface area contributed by atoms with Crippen LogP contribution in [0.4, 0.5) is 11.5 Å². The maximum Gasteiger partial charge on any atom is 0.255 e. The molecule has 1 amide bonds. The Hall–Kier alpha value is -3.65. The van der Waals surface area contributed by atoms with Gasteiger partial charge in [-0.25, -0.2) is 0 Å². The summed E-state index contributed by atoms with van der Waals surface area (Å²) in [5.41, 5.74) is 2.86. The molecule has 2 heterocycles. The van der Waals surface area contributed by atoms with E-state index >= 15 is 0 Å². The maximum absolute atomic E-state index is 12.7. The van der Waals surface area contributed by atoms with Gasteiger partial charge in [0.2, 0.25) is 0 Å². The van der Waals surface area contributed by atoms with Crippen LogP contribution in [-0.4, -0.2) is 68.5 Å². The van der Waals surface area contributed by atoms with Crippen LogP contribution in [0.2, 0.25) is 0 Å². The first kappa shape index (κ1) is 21.6. The molecule has 8 heteroatoms. The molecule has 0 unspecified atom stereocenters. The number of aromatic nitrogens is 2. The molecular formula is C24H27N5O3. The number of piperazine rings is 1. The van der Waals surface area contributed by atoms with Crippen LogP contribution < -0.4 is 19.7 Å². The zero-order valence-corrected chi connectivity index (χ0v) is 18.5. The average Bonchev–Trinajstić information content (AvgIpc) is 2.84. The van der Waals surface area contributed by atoms with Gasteiger partial charge in [-0.15, -0.1) is 10.2 Å². The SMILES string of the molecule is COc1cc(OC)cc(C(=O)Nc2ccc(-c3ccc(N4CCN(C)CC4)nn3)cc2)c1. The lowest BCUT2D eigenvalue weighted by atomic mass is 10.1. The Bertz CT molecular complexity index is 1040. The molecule has 1 saturated heterocycles. The van der Waals surface area contributed by atoms with Crippen molar-refractivity contribution in [3.05, 3.63) is 60.2 Å². The maximum atomic E-state index is 12.7. The highest BCUT2D eigenvalue weighted by Gasteiger charge is 2.16. The first-order valence-corrected chi connectivity index (χ1v) is 10.5. The van der Waals surface area contributed by atoms with Gasteiger partial charge in [-0.2, -0.15) is 0 Å². The number of nitrogens with zero attached hydrogens (tertiary/aromatic N) is 4. The minimum Gasteiger partial charge on any atom is -0.497 e. The van der Waals surface area contributed by atoms with Gasteiger partial charge >= 0.3 is 0 Å². The summed E-state index contributed by atoms with van der Waals surface area (Å²) in [6.45, 7) is 3.97. The molecule has 32 heavy (non-hydrogen) atoms. The van der Waals surface area contributed by atoms with Crippen molar-refractivity contribution in [2.75, 3.05) is 57.7 Å². The van der Waals surface area contributed by atoms with E-state index in [9.17, 15) is 4.79 Å². The largest absolute Gasteiger partial charge is 0.497 e. The van der Waals surface area contributed by atoms with Crippen LogP contribution in [0.5, 0.6) is 11.5 Å². The van der Waals surface area contributed by atoms with Crippen LogP contribution in [-0.2, 0) is 0 Å². The highest BCUT2D eigenvalue weighted by atomic mass is 16.5. The van der Waals surface area contributed by atoms with Gasteiger partial charge in [0.1, 0.15) is 11.5 Å². The molecule has 1 N–H and O–H groups in total. The number of nitrogens with one attached hydrogen (secondary N) is 1. The predicted molar refractivity (Wildman–Crippen MR) is 125 cm³/mol. The summed E-state index contributed by atoms with van der Waals surface area (Å²) in [7, 11) is 5.23. The van der Waals surface area contributed by atoms with E-state index in [1.54, 1.807) is 32.4 Å². The highest BCUT2D eigenvalue weighted by Crippen LogP contribution is 2.24. The number of amides is 1. The number of methoxy groups -OCH3 is 2. The second-order valence-electron chi connectivity index (χ2n) is 7.70. The summed E-state index contributed by atoms with van der Waals surface area (Å²) in [5, 5.41) is 11.7. The van der Waals surface area contributed by atoms with Crippen molar-refractivity contribution < 1.29 is 14.3 Å². The lowest BCUT2D eigenvalue weighted by Gasteiger charge is -2.32. The second kappa shape index (κ2) is 9.65. The molecule has 0 aliphatic carbocycles. The van der Waals surface area contributed by atoms with Gasteiger partial charge in [-0.3, -0.25) is 4.79 Å². The molecule has 2 aromatic carbocycles. The molecule has 0 radical (unpaired) electrons. The number of hydrogen-bond acceptors (Lipinski definition) is 7. The lowest BCUT2D eigenvalue weighted by molar-refractivity contribution is 0.102. The molecule has 0 spiro atoms. The van der Waals surface area contributed by atoms with Gasteiger partial charge in [0.15, 0.2) is 5.82 Å². The van der Waals surface area contributed by atoms with Crippen LogP contribution in [0.25, 0.3) is 11.3 Å². The predicted octanol–water partition coefficient (Wildman–Crippen LogP) is 3.16. The van der Waals surface area contributed by atoms with Crippen LogP contribution in [0.1, 0.15) is 10.4 Å². The molecular weight excluding hydrogens is 406 g/mol. The number of carbonyl (C=O) groups is 1. The van der Waals surface area contributed by atoms with Crippen molar-refractivity contribution in [1.29, 1.82) is 0 Å². The van der Waals surface area contributed by atoms with E-state index in [2.05, 4.69) is 32.4 Å². The fraction of sp³-hybridized carbons (Fsp3) is 0.292. The number of hydrogen-bond donors (Lipinski definition) is 1. The fourth-order valence-electron chi connectivity index (χ4n) is 3.55. The summed E-state index contributed by atoms with van der Waals surface area (Å²) in [4.78, 5) is 17.2. The van der Waals surface area contributed by atoms with Gasteiger partial charge in [-0.1, -0.05) is 12.1 Å². The van der Waals surface area contributed by atoms with Gasteiger partial charge in [0.05, 0.1) is 19.9 Å². The fourth-order valence-corrected chi connectivity index (χ4v) is 3.55. The van der Waals surface area contributed by atoms with Crippen molar-refractivity contribution >= 4 is 17.4 Å². The first-order chi connectivity index (χ1) is 15.6. The molecule has 3 aromatic rings. The standard InChI is InChI=1S/C24H27N5O3/c1-28-10-12-29(13-11-28)23-9-8-22(26-27-23)17-4-6-19(7-5-17)25-24(30)18-14-20(31-2)16-21(15-18)32-3/h4-9,14-16H,10-13H2,1-3H3,(H,25,30). The Morgan fingerprint density at radius 2 is 1.53 bits per heavy atom. The van der Waals surface area contributed by atoms with Crippen molar-refractivity contribution in [3.8, 4) is 22.8 Å². The third kappa shape index (κ3) is 4.97. The van der Waals surface area contributed by atoms with Crippen molar-refractivity contribution in [2.45, 2.75) is 0 Å². The van der Waals surface area contributed by atoms with Crippen molar-refractivity contribution in [2.24, 2.45) is 0 Å². The Kier molecular flexibility index (Phi) is 6.51. The van der Waals surface area contributed by atoms with E-state index < -0.39 is 0 Å². The topological polar surface area (TPSA) is 79.8 Å². The normalized spacial score (nSPS) is 14.2. The molecule has 0 saturated carbocycles. The van der Waals surface area contributed by atoms with Crippen LogP contribution in [0.3, 0.4) is 0 Å². The first-order valence-electron chi connectivity index (χ1n) is 10.5. The van der Waals surface area contributed by atoms with E-state index in [0.29, 0.717) is 22.7 Å². The molecule has 4 rings (SSSR count). The van der Waals surface area contributed by atoms with Crippen molar-refractivity contribution in [1.82, 2.24) is 15.1 Å². The quantitative estimate of drug-likeness (QED) is 0.640. The van der Waals surface area contributed by atoms with E-state index in [0.717, 1.165) is 43.3 Å². The van der Waals surface area contributed by atoms with E-state index in [4.69, 9.17) is 9.47 Å². The monoisotopic (exact) mass is 433 g/mol. The summed E-state index contributed by atoms with van der Waals surface area (Å²) in [5.74, 6) is 1.78. The molecule has 8 nitrogen and oxygen atoms in total. The number of carbonyl (C=O) groups excluding carboxylic acids is 1. The summed E-state index contributed by atoms with van der Waals surface area (Å²) in [6.07, 6.45) is 0. The number of anilines is 2. The third-order valence-electron chi connectivity index (χ3n) is 5.53. The summed E-state index contributed by atoms with van der Waals surface area (Å²) in [6, 6.07) is 16.6. The smallest absolute Gasteiger partial charge is 0.255 e. The minimum atomic E-state index is -0.244. The molecule has 0 bridgehead atoms. The lowest BCUT2D eigenvalue weighted by Crippen LogP contribution is -2.44. The summed E-state index contributed by atoms with van der Waals surface area (Å²) < 4.78 is 10.5. The van der Waals surface area contributed by atoms with E-state index in [1.807, 2.05) is 36.4 Å².